The van der Waals surface area contributed by atoms with Gasteiger partial charge in [0.2, 0.25) is 0 Å². The highest BCUT2D eigenvalue weighted by molar-refractivity contribution is 7.99. The highest BCUT2D eigenvalue weighted by Gasteiger charge is 2.41. The first-order valence-corrected chi connectivity index (χ1v) is 12.4. The lowest BCUT2D eigenvalue weighted by Crippen LogP contribution is -2.45. The minimum atomic E-state index is -1.00. The van der Waals surface area contributed by atoms with E-state index in [4.69, 9.17) is 9.47 Å². The number of aryl methyl sites for hydroxylation is 1. The molecule has 7 heteroatoms. The Morgan fingerprint density at radius 1 is 1.00 bits per heavy atom. The van der Waals surface area contributed by atoms with E-state index in [2.05, 4.69) is 0 Å². The summed E-state index contributed by atoms with van der Waals surface area (Å²) >= 11 is 1.54. The Kier molecular flexibility index (Phi) is 7.78. The van der Waals surface area contributed by atoms with Crippen LogP contribution in [0, 0.1) is 6.92 Å². The second kappa shape index (κ2) is 11.0. The van der Waals surface area contributed by atoms with Gasteiger partial charge in [0.1, 0.15) is 5.75 Å². The van der Waals surface area contributed by atoms with Crippen molar-refractivity contribution in [1.82, 2.24) is 4.90 Å². The number of rotatable bonds is 7. The summed E-state index contributed by atoms with van der Waals surface area (Å²) in [5.74, 6) is -0.0218. The molecule has 1 amide bonds. The number of ether oxygens (including phenoxy) is 2. The van der Waals surface area contributed by atoms with Crippen molar-refractivity contribution in [3.8, 4) is 5.75 Å². The lowest BCUT2D eigenvalue weighted by atomic mass is 10.0. The molecule has 1 aliphatic heterocycles. The van der Waals surface area contributed by atoms with Crippen molar-refractivity contribution in [2.75, 3.05) is 39.2 Å². The van der Waals surface area contributed by atoms with Gasteiger partial charge in [0.15, 0.2) is 6.10 Å². The Morgan fingerprint density at radius 2 is 1.69 bits per heavy atom. The number of amides is 1. The largest absolute Gasteiger partial charge is 0.497 e. The minimum absolute atomic E-state index is 0.231. The quantitative estimate of drug-likeness (QED) is 0.436. The van der Waals surface area contributed by atoms with Gasteiger partial charge in [-0.05, 0) is 63.0 Å². The fourth-order valence-electron chi connectivity index (χ4n) is 3.93. The van der Waals surface area contributed by atoms with Crippen molar-refractivity contribution in [2.24, 2.45) is 0 Å². The van der Waals surface area contributed by atoms with Gasteiger partial charge in [0.25, 0.3) is 5.91 Å². The highest BCUT2D eigenvalue weighted by atomic mass is 32.2. The summed E-state index contributed by atoms with van der Waals surface area (Å²) in [5.41, 5.74) is 3.18. The number of hydrogen-bond donors (Lipinski definition) is 0. The van der Waals surface area contributed by atoms with E-state index in [1.54, 1.807) is 24.1 Å². The van der Waals surface area contributed by atoms with Gasteiger partial charge >= 0.3 is 5.97 Å². The lowest BCUT2D eigenvalue weighted by Gasteiger charge is -2.28. The third-order valence-corrected chi connectivity index (χ3v) is 7.30. The first kappa shape index (κ1) is 24.8. The molecule has 0 saturated carbocycles. The third-order valence-electron chi connectivity index (χ3n) is 5.93. The second-order valence-electron chi connectivity index (χ2n) is 8.76. The van der Waals surface area contributed by atoms with E-state index >= 15 is 0 Å². The van der Waals surface area contributed by atoms with Crippen LogP contribution in [0.5, 0.6) is 5.75 Å². The summed E-state index contributed by atoms with van der Waals surface area (Å²) in [5, 5.41) is -0.423. The topological polar surface area (TPSA) is 59.1 Å². The van der Waals surface area contributed by atoms with Crippen molar-refractivity contribution in [3.05, 3.63) is 89.5 Å². The van der Waals surface area contributed by atoms with Gasteiger partial charge in [0, 0.05) is 18.0 Å². The predicted octanol–water partition coefficient (Wildman–Crippen LogP) is 4.97. The number of benzene rings is 3. The SMILES string of the molecule is COc1ccc([C@H]2Sc3ccccc3N(CCN(C)C)C(=O)[C@H]2OC(=O)c2ccc(C)cc2)cc1. The smallest absolute Gasteiger partial charge is 0.338 e. The average Bonchev–Trinajstić information content (AvgIpc) is 2.97. The van der Waals surface area contributed by atoms with Gasteiger partial charge in [-0.25, -0.2) is 4.79 Å². The molecular weight excluding hydrogens is 460 g/mol. The molecule has 0 fully saturated rings. The van der Waals surface area contributed by atoms with Crippen molar-refractivity contribution in [1.29, 1.82) is 0 Å². The lowest BCUT2D eigenvalue weighted by molar-refractivity contribution is -0.127. The van der Waals surface area contributed by atoms with E-state index in [0.29, 0.717) is 18.7 Å². The van der Waals surface area contributed by atoms with Crippen LogP contribution in [0.4, 0.5) is 5.69 Å². The van der Waals surface area contributed by atoms with Crippen LogP contribution in [-0.4, -0.2) is 57.2 Å². The van der Waals surface area contributed by atoms with Crippen LogP contribution in [0.1, 0.15) is 26.7 Å². The van der Waals surface area contributed by atoms with E-state index in [0.717, 1.165) is 27.5 Å². The van der Waals surface area contributed by atoms with Crippen molar-refractivity contribution in [3.63, 3.8) is 0 Å². The maximum absolute atomic E-state index is 14.0. The summed E-state index contributed by atoms with van der Waals surface area (Å²) in [6, 6.07) is 22.6. The van der Waals surface area contributed by atoms with Crippen LogP contribution in [-0.2, 0) is 9.53 Å². The van der Waals surface area contributed by atoms with Crippen molar-refractivity contribution in [2.45, 2.75) is 23.2 Å². The molecule has 0 N–H and O–H groups in total. The molecule has 1 aliphatic rings. The number of methoxy groups -OCH3 is 1. The molecule has 182 valence electrons. The third kappa shape index (κ3) is 5.69. The highest BCUT2D eigenvalue weighted by Crippen LogP contribution is 2.47. The van der Waals surface area contributed by atoms with E-state index in [9.17, 15) is 9.59 Å². The number of carbonyl (C=O) groups excluding carboxylic acids is 2. The van der Waals surface area contributed by atoms with Crippen LogP contribution in [0.3, 0.4) is 0 Å². The zero-order valence-corrected chi connectivity index (χ0v) is 21.2. The summed E-state index contributed by atoms with van der Waals surface area (Å²) in [6.07, 6.45) is -1.00. The number of para-hydroxylation sites is 1. The molecular formula is C28H30N2O4S. The van der Waals surface area contributed by atoms with Crippen LogP contribution >= 0.6 is 11.8 Å². The Balaban J connectivity index is 1.76. The van der Waals surface area contributed by atoms with Gasteiger partial charge in [-0.2, -0.15) is 0 Å². The molecule has 6 nitrogen and oxygen atoms in total. The molecule has 0 unspecified atom stereocenters. The number of thioether (sulfide) groups is 1. The number of likely N-dealkylation sites (N-methyl/N-ethyl adjacent to an activating group) is 1. The first-order valence-electron chi connectivity index (χ1n) is 11.5. The standard InChI is InChI=1S/C28H30N2O4S/c1-19-9-11-21(12-10-19)28(32)34-25-26(20-13-15-22(33-4)16-14-20)35-24-8-6-5-7-23(24)30(27(25)31)18-17-29(2)3/h5-16,25-26H,17-18H2,1-4H3/t25-,26+/m0/s1. The molecule has 0 saturated heterocycles. The predicted molar refractivity (Wildman–Crippen MR) is 139 cm³/mol. The molecule has 0 spiro atoms. The van der Waals surface area contributed by atoms with Crippen LogP contribution in [0.2, 0.25) is 0 Å². The zero-order valence-electron chi connectivity index (χ0n) is 20.4. The summed E-state index contributed by atoms with van der Waals surface area (Å²) in [7, 11) is 5.56. The maximum Gasteiger partial charge on any atom is 0.338 e. The Bertz CT molecular complexity index is 1180. The number of anilines is 1. The number of esters is 1. The molecule has 35 heavy (non-hydrogen) atoms. The van der Waals surface area contributed by atoms with Gasteiger partial charge in [-0.15, -0.1) is 11.8 Å². The number of nitrogens with zero attached hydrogens (tertiary/aromatic N) is 2. The monoisotopic (exact) mass is 490 g/mol. The van der Waals surface area contributed by atoms with E-state index in [1.807, 2.05) is 86.6 Å². The number of carbonyl (C=O) groups is 2. The van der Waals surface area contributed by atoms with Gasteiger partial charge in [-0.1, -0.05) is 42.0 Å². The Labute approximate surface area is 210 Å². The van der Waals surface area contributed by atoms with Crippen LogP contribution in [0.25, 0.3) is 0 Å². The number of hydrogen-bond acceptors (Lipinski definition) is 6. The molecule has 0 radical (unpaired) electrons. The van der Waals surface area contributed by atoms with E-state index in [-0.39, 0.29) is 5.91 Å². The summed E-state index contributed by atoms with van der Waals surface area (Å²) in [4.78, 5) is 32.0. The first-order chi connectivity index (χ1) is 16.9. The number of fused-ring (bicyclic) bond motifs is 1. The fraction of sp³-hybridized carbons (Fsp3) is 0.286. The van der Waals surface area contributed by atoms with Gasteiger partial charge in [-0.3, -0.25) is 4.79 Å². The van der Waals surface area contributed by atoms with Gasteiger partial charge < -0.3 is 19.3 Å². The molecule has 2 atom stereocenters. The Hall–Kier alpha value is -3.29. The molecule has 0 aromatic heterocycles. The normalized spacial score (nSPS) is 17.6. The second-order valence-corrected chi connectivity index (χ2v) is 9.95. The molecule has 1 heterocycles. The molecule has 4 rings (SSSR count). The summed E-state index contributed by atoms with van der Waals surface area (Å²) in [6.45, 7) is 3.12. The summed E-state index contributed by atoms with van der Waals surface area (Å²) < 4.78 is 11.3. The fourth-order valence-corrected chi connectivity index (χ4v) is 5.25. The minimum Gasteiger partial charge on any atom is -0.497 e. The average molecular weight is 491 g/mol. The van der Waals surface area contributed by atoms with Crippen LogP contribution < -0.4 is 9.64 Å². The Morgan fingerprint density at radius 3 is 2.34 bits per heavy atom. The van der Waals surface area contributed by atoms with Crippen LogP contribution in [0.15, 0.2) is 77.7 Å². The molecule has 3 aromatic carbocycles. The van der Waals surface area contributed by atoms with Crippen molar-refractivity contribution >= 4 is 29.3 Å². The van der Waals surface area contributed by atoms with Crippen molar-refractivity contribution < 1.29 is 19.1 Å². The molecule has 3 aromatic rings. The van der Waals surface area contributed by atoms with E-state index in [1.165, 1.54) is 11.8 Å². The molecule has 0 bridgehead atoms. The van der Waals surface area contributed by atoms with Gasteiger partial charge in [0.05, 0.1) is 23.6 Å². The zero-order chi connectivity index (χ0) is 24.9. The van der Waals surface area contributed by atoms with E-state index < -0.39 is 17.3 Å². The molecule has 0 aliphatic carbocycles. The maximum atomic E-state index is 14.0.